The highest BCUT2D eigenvalue weighted by atomic mass is 32.1. The van der Waals surface area contributed by atoms with Crippen LogP contribution in [0.15, 0.2) is 35.8 Å². The van der Waals surface area contributed by atoms with Crippen molar-refractivity contribution in [2.75, 3.05) is 43.1 Å². The molecule has 0 spiro atoms. The minimum Gasteiger partial charge on any atom is -0.378 e. The molecule has 0 bridgehead atoms. The molecule has 6 nitrogen and oxygen atoms in total. The largest absolute Gasteiger partial charge is 0.378 e. The Kier molecular flexibility index (Phi) is 5.66. The summed E-state index contributed by atoms with van der Waals surface area (Å²) in [4.78, 5) is 22.0. The SMILES string of the molecule is CCN(Cc1cccs1)C(=O)Nc1ccc(N2CCOCC2)nc1. The lowest BCUT2D eigenvalue weighted by Gasteiger charge is -2.27. The second-order valence-electron chi connectivity index (χ2n) is 5.53. The van der Waals surface area contributed by atoms with E-state index in [0.717, 1.165) is 32.1 Å². The van der Waals surface area contributed by atoms with Gasteiger partial charge >= 0.3 is 6.03 Å². The summed E-state index contributed by atoms with van der Waals surface area (Å²) in [7, 11) is 0. The van der Waals surface area contributed by atoms with Crippen LogP contribution in [0.1, 0.15) is 11.8 Å². The molecule has 0 saturated carbocycles. The van der Waals surface area contributed by atoms with Gasteiger partial charge in [0.1, 0.15) is 5.82 Å². The number of rotatable bonds is 5. The molecule has 0 aromatic carbocycles. The van der Waals surface area contributed by atoms with Crippen LogP contribution in [0.25, 0.3) is 0 Å². The zero-order chi connectivity index (χ0) is 16.8. The van der Waals surface area contributed by atoms with E-state index in [2.05, 4.69) is 15.2 Å². The van der Waals surface area contributed by atoms with Gasteiger partial charge in [-0.3, -0.25) is 0 Å². The molecule has 0 aliphatic carbocycles. The molecule has 1 saturated heterocycles. The van der Waals surface area contributed by atoms with Crippen molar-refractivity contribution in [3.8, 4) is 0 Å². The number of pyridine rings is 1. The monoisotopic (exact) mass is 346 g/mol. The Bertz CT molecular complexity index is 639. The second kappa shape index (κ2) is 8.12. The molecule has 7 heteroatoms. The number of carbonyl (C=O) groups is 1. The van der Waals surface area contributed by atoms with E-state index in [1.165, 1.54) is 4.88 Å². The van der Waals surface area contributed by atoms with Crippen molar-refractivity contribution >= 4 is 28.9 Å². The minimum absolute atomic E-state index is 0.105. The molecule has 1 N–H and O–H groups in total. The zero-order valence-electron chi connectivity index (χ0n) is 13.8. The Morgan fingerprint density at radius 3 is 2.83 bits per heavy atom. The van der Waals surface area contributed by atoms with Gasteiger partial charge in [0.2, 0.25) is 0 Å². The third-order valence-corrected chi connectivity index (χ3v) is 4.79. The van der Waals surface area contributed by atoms with Gasteiger partial charge in [-0.05, 0) is 30.5 Å². The lowest BCUT2D eigenvalue weighted by Crippen LogP contribution is -2.36. The molecule has 3 heterocycles. The Morgan fingerprint density at radius 2 is 2.21 bits per heavy atom. The van der Waals surface area contributed by atoms with Crippen LogP contribution < -0.4 is 10.2 Å². The lowest BCUT2D eigenvalue weighted by molar-refractivity contribution is 0.122. The molecule has 1 aliphatic heterocycles. The number of hydrogen-bond donors (Lipinski definition) is 1. The van der Waals surface area contributed by atoms with E-state index in [9.17, 15) is 4.79 Å². The predicted octanol–water partition coefficient (Wildman–Crippen LogP) is 3.03. The van der Waals surface area contributed by atoms with Crippen LogP contribution in [-0.4, -0.2) is 48.8 Å². The maximum atomic E-state index is 12.4. The normalized spacial score (nSPS) is 14.5. The Labute approximate surface area is 146 Å². The van der Waals surface area contributed by atoms with Gasteiger partial charge in [-0.1, -0.05) is 6.07 Å². The van der Waals surface area contributed by atoms with Gasteiger partial charge in [-0.15, -0.1) is 11.3 Å². The molecule has 3 rings (SSSR count). The van der Waals surface area contributed by atoms with Crippen molar-refractivity contribution < 1.29 is 9.53 Å². The average molecular weight is 346 g/mol. The number of urea groups is 1. The molecule has 128 valence electrons. The summed E-state index contributed by atoms with van der Waals surface area (Å²) in [6.45, 7) is 6.42. The third kappa shape index (κ3) is 4.24. The molecule has 1 fully saturated rings. The summed E-state index contributed by atoms with van der Waals surface area (Å²) in [6, 6.07) is 7.77. The highest BCUT2D eigenvalue weighted by Gasteiger charge is 2.15. The summed E-state index contributed by atoms with van der Waals surface area (Å²) in [5.41, 5.74) is 0.710. The van der Waals surface area contributed by atoms with Crippen molar-refractivity contribution in [1.82, 2.24) is 9.88 Å². The molecule has 2 amide bonds. The van der Waals surface area contributed by atoms with Crippen molar-refractivity contribution in [2.24, 2.45) is 0 Å². The first-order valence-corrected chi connectivity index (χ1v) is 9.01. The van der Waals surface area contributed by atoms with Gasteiger partial charge in [0.05, 0.1) is 31.6 Å². The molecular formula is C17H22N4O2S. The standard InChI is InChI=1S/C17H22N4O2S/c1-2-20(13-15-4-3-11-24-15)17(22)19-14-5-6-16(18-12-14)21-7-9-23-10-8-21/h3-6,11-12H,2,7-10,13H2,1H3,(H,19,22). The molecular weight excluding hydrogens is 324 g/mol. The topological polar surface area (TPSA) is 57.7 Å². The summed E-state index contributed by atoms with van der Waals surface area (Å²) >= 11 is 1.66. The first kappa shape index (κ1) is 16.7. The number of carbonyl (C=O) groups excluding carboxylic acids is 1. The van der Waals surface area contributed by atoms with Gasteiger partial charge in [-0.25, -0.2) is 9.78 Å². The summed E-state index contributed by atoms with van der Waals surface area (Å²) in [5.74, 6) is 0.919. The Morgan fingerprint density at radius 1 is 1.38 bits per heavy atom. The van der Waals surface area contributed by atoms with Crippen LogP contribution in [0.5, 0.6) is 0 Å². The van der Waals surface area contributed by atoms with E-state index in [0.29, 0.717) is 18.8 Å². The van der Waals surface area contributed by atoms with E-state index in [1.807, 2.05) is 36.6 Å². The van der Waals surface area contributed by atoms with Crippen molar-refractivity contribution in [2.45, 2.75) is 13.5 Å². The Balaban J connectivity index is 1.58. The smallest absolute Gasteiger partial charge is 0.322 e. The van der Waals surface area contributed by atoms with Gasteiger partial charge in [-0.2, -0.15) is 0 Å². The molecule has 2 aromatic heterocycles. The fraction of sp³-hybridized carbons (Fsp3) is 0.412. The average Bonchev–Trinajstić information content (AvgIpc) is 3.14. The van der Waals surface area contributed by atoms with Crippen LogP contribution in [0.4, 0.5) is 16.3 Å². The summed E-state index contributed by atoms with van der Waals surface area (Å²) in [6.07, 6.45) is 1.71. The van der Waals surface area contributed by atoms with E-state index >= 15 is 0 Å². The number of hydrogen-bond acceptors (Lipinski definition) is 5. The predicted molar refractivity (Wildman–Crippen MR) is 96.7 cm³/mol. The van der Waals surface area contributed by atoms with Crippen LogP contribution in [0.3, 0.4) is 0 Å². The molecule has 0 unspecified atom stereocenters. The Hall–Kier alpha value is -2.12. The molecule has 0 atom stereocenters. The number of thiophene rings is 1. The summed E-state index contributed by atoms with van der Waals surface area (Å²) in [5, 5.41) is 4.94. The third-order valence-electron chi connectivity index (χ3n) is 3.93. The number of nitrogens with zero attached hydrogens (tertiary/aromatic N) is 3. The molecule has 1 aliphatic rings. The second-order valence-corrected chi connectivity index (χ2v) is 6.56. The maximum Gasteiger partial charge on any atom is 0.322 e. The van der Waals surface area contributed by atoms with Crippen molar-refractivity contribution in [3.05, 3.63) is 40.7 Å². The van der Waals surface area contributed by atoms with E-state index in [4.69, 9.17) is 4.74 Å². The number of amides is 2. The first-order valence-electron chi connectivity index (χ1n) is 8.13. The van der Waals surface area contributed by atoms with E-state index in [-0.39, 0.29) is 6.03 Å². The van der Waals surface area contributed by atoms with Crippen LogP contribution >= 0.6 is 11.3 Å². The number of ether oxygens (including phenoxy) is 1. The molecule has 2 aromatic rings. The van der Waals surface area contributed by atoms with E-state index in [1.54, 1.807) is 22.4 Å². The van der Waals surface area contributed by atoms with Crippen LogP contribution in [0.2, 0.25) is 0 Å². The zero-order valence-corrected chi connectivity index (χ0v) is 14.6. The minimum atomic E-state index is -0.105. The van der Waals surface area contributed by atoms with Gasteiger partial charge in [0, 0.05) is 24.5 Å². The van der Waals surface area contributed by atoms with Crippen molar-refractivity contribution in [1.29, 1.82) is 0 Å². The van der Waals surface area contributed by atoms with Crippen molar-refractivity contribution in [3.63, 3.8) is 0 Å². The number of nitrogens with one attached hydrogen (secondary N) is 1. The number of aromatic nitrogens is 1. The highest BCUT2D eigenvalue weighted by Crippen LogP contribution is 2.17. The van der Waals surface area contributed by atoms with Crippen LogP contribution in [0, 0.1) is 0 Å². The van der Waals surface area contributed by atoms with E-state index < -0.39 is 0 Å². The van der Waals surface area contributed by atoms with Crippen LogP contribution in [-0.2, 0) is 11.3 Å². The van der Waals surface area contributed by atoms with Gasteiger partial charge in [0.15, 0.2) is 0 Å². The fourth-order valence-corrected chi connectivity index (χ4v) is 3.28. The van der Waals surface area contributed by atoms with Gasteiger partial charge < -0.3 is 19.9 Å². The van der Waals surface area contributed by atoms with Gasteiger partial charge in [0.25, 0.3) is 0 Å². The molecule has 0 radical (unpaired) electrons. The first-order chi connectivity index (χ1) is 11.8. The highest BCUT2D eigenvalue weighted by molar-refractivity contribution is 7.09. The molecule has 24 heavy (non-hydrogen) atoms. The fourth-order valence-electron chi connectivity index (χ4n) is 2.56. The maximum absolute atomic E-state index is 12.4. The number of anilines is 2. The lowest BCUT2D eigenvalue weighted by atomic mass is 10.3. The quantitative estimate of drug-likeness (QED) is 0.904. The number of morpholine rings is 1. The summed E-state index contributed by atoms with van der Waals surface area (Å²) < 4.78 is 5.35.